The first-order valence-corrected chi connectivity index (χ1v) is 9.26. The summed E-state index contributed by atoms with van der Waals surface area (Å²) < 4.78 is 19.7. The van der Waals surface area contributed by atoms with E-state index in [1.807, 2.05) is 37.1 Å². The molecule has 2 heterocycles. The van der Waals surface area contributed by atoms with Gasteiger partial charge in [0.1, 0.15) is 23.0 Å². The van der Waals surface area contributed by atoms with Crippen LogP contribution >= 0.6 is 11.8 Å². The maximum Gasteiger partial charge on any atom is 0.346 e. The second-order valence-electron chi connectivity index (χ2n) is 6.03. The van der Waals surface area contributed by atoms with Crippen LogP contribution in [0.2, 0.25) is 0 Å². The van der Waals surface area contributed by atoms with Crippen molar-refractivity contribution in [1.82, 2.24) is 9.47 Å². The van der Waals surface area contributed by atoms with Gasteiger partial charge in [0.05, 0.1) is 18.7 Å². The first kappa shape index (κ1) is 18.3. The number of carbonyl (C=O) groups excluding carboxylic acids is 1. The van der Waals surface area contributed by atoms with Crippen LogP contribution in [0.25, 0.3) is 10.9 Å². The second kappa shape index (κ2) is 7.42. The minimum absolute atomic E-state index is 0.0742. The number of nitrogens with zero attached hydrogens (tertiary/aromatic N) is 3. The summed E-state index contributed by atoms with van der Waals surface area (Å²) in [4.78, 5) is 14.8. The van der Waals surface area contributed by atoms with Crippen molar-refractivity contribution in [3.8, 4) is 6.07 Å². The molecule has 0 aliphatic carbocycles. The number of fused-ring (bicyclic) bond motifs is 1. The summed E-state index contributed by atoms with van der Waals surface area (Å²) in [6, 6.07) is 8.01. The van der Waals surface area contributed by atoms with E-state index >= 15 is 0 Å². The molecule has 136 valence electrons. The van der Waals surface area contributed by atoms with E-state index in [2.05, 4.69) is 6.07 Å². The van der Waals surface area contributed by atoms with Crippen LogP contribution < -0.4 is 0 Å². The number of ether oxygens (including phenoxy) is 1. The third-order valence-corrected chi connectivity index (χ3v) is 6.05. The molecule has 0 fully saturated rings. The highest BCUT2D eigenvalue weighted by molar-refractivity contribution is 8.04. The standard InChI is InChI=1S/C19H20FN3O2S/c1-4-25-19(24)17-12(2)22(3)18(26-17)13-5-6-16-15(9-13)14(10-21)11-23(16)8-7-20/h5-6,9,11,18H,4,7-8H2,1-3H3. The summed E-state index contributed by atoms with van der Waals surface area (Å²) >= 11 is 1.45. The zero-order chi connectivity index (χ0) is 18.8. The van der Waals surface area contributed by atoms with E-state index in [0.29, 0.717) is 17.1 Å². The van der Waals surface area contributed by atoms with Gasteiger partial charge in [-0.15, -0.1) is 0 Å². The number of carbonyl (C=O) groups is 1. The van der Waals surface area contributed by atoms with Gasteiger partial charge in [-0.05, 0) is 31.5 Å². The third-order valence-electron chi connectivity index (χ3n) is 4.54. The van der Waals surface area contributed by atoms with Crippen molar-refractivity contribution in [1.29, 1.82) is 5.26 Å². The highest BCUT2D eigenvalue weighted by atomic mass is 32.2. The van der Waals surface area contributed by atoms with E-state index in [-0.39, 0.29) is 17.9 Å². The highest BCUT2D eigenvalue weighted by Gasteiger charge is 2.33. The minimum Gasteiger partial charge on any atom is -0.462 e. The Bertz CT molecular complexity index is 929. The number of thioether (sulfide) groups is 1. The summed E-state index contributed by atoms with van der Waals surface area (Å²) in [6.45, 7) is 3.77. The van der Waals surface area contributed by atoms with Gasteiger partial charge in [0.15, 0.2) is 0 Å². The van der Waals surface area contributed by atoms with E-state index in [9.17, 15) is 14.4 Å². The van der Waals surface area contributed by atoms with Crippen molar-refractivity contribution in [2.45, 2.75) is 25.8 Å². The van der Waals surface area contributed by atoms with Gasteiger partial charge in [-0.2, -0.15) is 5.26 Å². The van der Waals surface area contributed by atoms with Gasteiger partial charge < -0.3 is 14.2 Å². The first-order valence-electron chi connectivity index (χ1n) is 8.38. The predicted octanol–water partition coefficient (Wildman–Crippen LogP) is 3.95. The fraction of sp³-hybridized carbons (Fsp3) is 0.368. The molecular weight excluding hydrogens is 353 g/mol. The number of aromatic nitrogens is 1. The minimum atomic E-state index is -0.483. The van der Waals surface area contributed by atoms with E-state index in [1.165, 1.54) is 11.8 Å². The van der Waals surface area contributed by atoms with Crippen LogP contribution in [-0.4, -0.2) is 35.8 Å². The van der Waals surface area contributed by atoms with Gasteiger partial charge in [0.25, 0.3) is 0 Å². The van der Waals surface area contributed by atoms with Gasteiger partial charge in [0.2, 0.25) is 0 Å². The van der Waals surface area contributed by atoms with Crippen molar-refractivity contribution < 1.29 is 13.9 Å². The lowest BCUT2D eigenvalue weighted by Gasteiger charge is -2.23. The molecule has 3 rings (SSSR count). The Morgan fingerprint density at radius 3 is 2.88 bits per heavy atom. The summed E-state index contributed by atoms with van der Waals surface area (Å²) in [5.74, 6) is -0.308. The lowest BCUT2D eigenvalue weighted by molar-refractivity contribution is -0.137. The van der Waals surface area contributed by atoms with Crippen LogP contribution in [0.1, 0.15) is 30.3 Å². The topological polar surface area (TPSA) is 58.3 Å². The maximum atomic E-state index is 12.8. The number of esters is 1. The number of rotatable bonds is 5. The van der Waals surface area contributed by atoms with Crippen molar-refractivity contribution >= 4 is 28.6 Å². The van der Waals surface area contributed by atoms with Gasteiger partial charge in [0, 0.05) is 29.8 Å². The molecule has 1 atom stereocenters. The molecule has 5 nitrogen and oxygen atoms in total. The number of hydrogen-bond acceptors (Lipinski definition) is 5. The smallest absolute Gasteiger partial charge is 0.346 e. The zero-order valence-electron chi connectivity index (χ0n) is 15.0. The van der Waals surface area contributed by atoms with Gasteiger partial charge in [-0.3, -0.25) is 0 Å². The number of benzene rings is 1. The summed E-state index contributed by atoms with van der Waals surface area (Å²) in [5, 5.41) is 10.1. The number of hydrogen-bond donors (Lipinski definition) is 0. The average molecular weight is 373 g/mol. The summed E-state index contributed by atoms with van der Waals surface area (Å²) in [5.41, 5.74) is 3.22. The molecular formula is C19H20FN3O2S. The highest BCUT2D eigenvalue weighted by Crippen LogP contribution is 2.47. The van der Waals surface area contributed by atoms with Gasteiger partial charge >= 0.3 is 5.97 Å². The molecule has 2 aromatic rings. The molecule has 0 radical (unpaired) electrons. The summed E-state index contributed by atoms with van der Waals surface area (Å²) in [7, 11) is 1.93. The quantitative estimate of drug-likeness (QED) is 0.743. The number of aryl methyl sites for hydroxylation is 1. The molecule has 1 aliphatic rings. The van der Waals surface area contributed by atoms with Crippen molar-refractivity contribution in [2.24, 2.45) is 0 Å². The van der Waals surface area contributed by atoms with Crippen molar-refractivity contribution in [3.05, 3.63) is 46.1 Å². The molecule has 1 aliphatic heterocycles. The molecule has 0 saturated carbocycles. The van der Waals surface area contributed by atoms with Crippen molar-refractivity contribution in [3.63, 3.8) is 0 Å². The van der Waals surface area contributed by atoms with Crippen LogP contribution in [-0.2, 0) is 16.1 Å². The van der Waals surface area contributed by atoms with Crippen LogP contribution in [0.15, 0.2) is 35.0 Å². The Morgan fingerprint density at radius 1 is 1.46 bits per heavy atom. The Morgan fingerprint density at radius 2 is 2.23 bits per heavy atom. The van der Waals surface area contributed by atoms with E-state index < -0.39 is 6.67 Å². The number of alkyl halides is 1. The molecule has 0 saturated heterocycles. The SMILES string of the molecule is CCOC(=O)C1=C(C)N(C)C(c2ccc3c(c2)c(C#N)cn3CCF)S1. The fourth-order valence-corrected chi connectivity index (χ4v) is 4.42. The summed E-state index contributed by atoms with van der Waals surface area (Å²) in [6.07, 6.45) is 1.69. The predicted molar refractivity (Wildman–Crippen MR) is 100 cm³/mol. The molecule has 1 aromatic carbocycles. The van der Waals surface area contributed by atoms with Crippen LogP contribution in [0.3, 0.4) is 0 Å². The van der Waals surface area contributed by atoms with Crippen LogP contribution in [0.4, 0.5) is 4.39 Å². The normalized spacial score (nSPS) is 17.0. The van der Waals surface area contributed by atoms with Gasteiger partial charge in [-0.25, -0.2) is 9.18 Å². The maximum absolute atomic E-state index is 12.8. The number of allylic oxidation sites excluding steroid dienone is 1. The fourth-order valence-electron chi connectivity index (χ4n) is 3.13. The Balaban J connectivity index is 1.97. The van der Waals surface area contributed by atoms with E-state index in [0.717, 1.165) is 22.2 Å². The molecule has 0 N–H and O–H groups in total. The Labute approximate surface area is 156 Å². The largest absolute Gasteiger partial charge is 0.462 e. The average Bonchev–Trinajstić information content (AvgIpc) is 3.13. The van der Waals surface area contributed by atoms with E-state index in [1.54, 1.807) is 17.7 Å². The lowest BCUT2D eigenvalue weighted by Crippen LogP contribution is -2.16. The van der Waals surface area contributed by atoms with Crippen LogP contribution in [0, 0.1) is 11.3 Å². The Hall–Kier alpha value is -2.46. The molecule has 1 aromatic heterocycles. The monoisotopic (exact) mass is 373 g/mol. The van der Waals surface area contributed by atoms with Crippen LogP contribution in [0.5, 0.6) is 0 Å². The molecule has 1 unspecified atom stereocenters. The third kappa shape index (κ3) is 3.06. The second-order valence-corrected chi connectivity index (χ2v) is 7.12. The lowest BCUT2D eigenvalue weighted by atomic mass is 10.1. The van der Waals surface area contributed by atoms with E-state index in [4.69, 9.17) is 4.74 Å². The zero-order valence-corrected chi connectivity index (χ0v) is 15.8. The Kier molecular flexibility index (Phi) is 5.23. The van der Waals surface area contributed by atoms with Crippen molar-refractivity contribution in [2.75, 3.05) is 20.3 Å². The van der Waals surface area contributed by atoms with Gasteiger partial charge in [-0.1, -0.05) is 17.8 Å². The molecule has 26 heavy (non-hydrogen) atoms. The number of nitriles is 1. The first-order chi connectivity index (χ1) is 12.5. The molecule has 0 bridgehead atoms. The number of halogens is 1. The molecule has 7 heteroatoms. The molecule has 0 spiro atoms. The molecule has 0 amide bonds.